The topological polar surface area (TPSA) is 15.3 Å². The molecule has 0 bridgehead atoms. The SMILES string of the molecule is CC1CC(C)CN(c2ccc(F)cc2CNC2CC2)C1. The molecule has 0 aromatic heterocycles. The van der Waals surface area contributed by atoms with Crippen LogP contribution in [-0.4, -0.2) is 19.1 Å². The quantitative estimate of drug-likeness (QED) is 0.904. The van der Waals surface area contributed by atoms with Gasteiger partial charge in [0.15, 0.2) is 0 Å². The highest BCUT2D eigenvalue weighted by molar-refractivity contribution is 5.54. The van der Waals surface area contributed by atoms with Gasteiger partial charge in [0, 0.05) is 31.4 Å². The molecule has 1 saturated carbocycles. The summed E-state index contributed by atoms with van der Waals surface area (Å²) >= 11 is 0. The van der Waals surface area contributed by atoms with Gasteiger partial charge < -0.3 is 10.2 Å². The Morgan fingerprint density at radius 1 is 1.20 bits per heavy atom. The van der Waals surface area contributed by atoms with Crippen LogP contribution in [0.1, 0.15) is 38.7 Å². The molecule has 2 atom stereocenters. The molecule has 0 amide bonds. The molecule has 3 rings (SSSR count). The zero-order chi connectivity index (χ0) is 14.1. The summed E-state index contributed by atoms with van der Waals surface area (Å²) in [5, 5.41) is 3.51. The molecule has 1 N–H and O–H groups in total. The van der Waals surface area contributed by atoms with Crippen LogP contribution in [0.2, 0.25) is 0 Å². The van der Waals surface area contributed by atoms with Crippen LogP contribution in [0.5, 0.6) is 0 Å². The second-order valence-corrected chi connectivity index (χ2v) is 6.78. The molecule has 2 aliphatic rings. The fraction of sp³-hybridized carbons (Fsp3) is 0.647. The predicted octanol–water partition coefficient (Wildman–Crippen LogP) is 3.56. The van der Waals surface area contributed by atoms with Gasteiger partial charge in [-0.05, 0) is 54.9 Å². The van der Waals surface area contributed by atoms with E-state index in [9.17, 15) is 4.39 Å². The molecule has 20 heavy (non-hydrogen) atoms. The maximum atomic E-state index is 13.6. The van der Waals surface area contributed by atoms with Crippen molar-refractivity contribution in [2.24, 2.45) is 11.8 Å². The Bertz CT molecular complexity index is 460. The van der Waals surface area contributed by atoms with Gasteiger partial charge in [0.1, 0.15) is 5.82 Å². The van der Waals surface area contributed by atoms with Gasteiger partial charge in [-0.15, -0.1) is 0 Å². The molecule has 2 fully saturated rings. The summed E-state index contributed by atoms with van der Waals surface area (Å²) in [6.45, 7) is 7.60. The van der Waals surface area contributed by atoms with Crippen LogP contribution >= 0.6 is 0 Å². The van der Waals surface area contributed by atoms with Gasteiger partial charge >= 0.3 is 0 Å². The van der Waals surface area contributed by atoms with Gasteiger partial charge in [-0.1, -0.05) is 13.8 Å². The fourth-order valence-corrected chi connectivity index (χ4v) is 3.41. The van der Waals surface area contributed by atoms with Crippen molar-refractivity contribution in [2.45, 2.75) is 45.7 Å². The van der Waals surface area contributed by atoms with Gasteiger partial charge in [-0.2, -0.15) is 0 Å². The molecule has 3 heteroatoms. The normalized spacial score (nSPS) is 26.9. The standard InChI is InChI=1S/C17H25FN2/c1-12-7-13(2)11-20(10-12)17-6-3-15(18)8-14(17)9-19-16-4-5-16/h3,6,8,12-13,16,19H,4-5,7,9-11H2,1-2H3. The monoisotopic (exact) mass is 276 g/mol. The third-order valence-electron chi connectivity index (χ3n) is 4.41. The van der Waals surface area contributed by atoms with E-state index in [1.165, 1.54) is 24.9 Å². The number of hydrogen-bond acceptors (Lipinski definition) is 2. The Balaban J connectivity index is 1.79. The van der Waals surface area contributed by atoms with Crippen molar-refractivity contribution in [1.29, 1.82) is 0 Å². The zero-order valence-corrected chi connectivity index (χ0v) is 12.5. The van der Waals surface area contributed by atoms with E-state index < -0.39 is 0 Å². The minimum Gasteiger partial charge on any atom is -0.371 e. The van der Waals surface area contributed by atoms with E-state index in [0.717, 1.165) is 25.2 Å². The van der Waals surface area contributed by atoms with Crippen molar-refractivity contribution >= 4 is 5.69 Å². The number of hydrogen-bond donors (Lipinski definition) is 1. The first-order valence-corrected chi connectivity index (χ1v) is 7.88. The van der Waals surface area contributed by atoms with Gasteiger partial charge in [-0.3, -0.25) is 0 Å². The lowest BCUT2D eigenvalue weighted by Crippen LogP contribution is -2.39. The molecule has 1 aliphatic carbocycles. The molecule has 1 aromatic carbocycles. The third-order valence-corrected chi connectivity index (χ3v) is 4.41. The number of rotatable bonds is 4. The van der Waals surface area contributed by atoms with Crippen molar-refractivity contribution in [3.8, 4) is 0 Å². The van der Waals surface area contributed by atoms with Crippen molar-refractivity contribution in [3.63, 3.8) is 0 Å². The van der Waals surface area contributed by atoms with Gasteiger partial charge in [0.05, 0.1) is 0 Å². The van der Waals surface area contributed by atoms with Crippen LogP contribution in [0.25, 0.3) is 0 Å². The number of anilines is 1. The van der Waals surface area contributed by atoms with Crippen LogP contribution < -0.4 is 10.2 Å². The minimum atomic E-state index is -0.126. The van der Waals surface area contributed by atoms with Gasteiger partial charge in [-0.25, -0.2) is 4.39 Å². The lowest BCUT2D eigenvalue weighted by Gasteiger charge is -2.37. The Kier molecular flexibility index (Phi) is 3.97. The molecule has 110 valence electrons. The van der Waals surface area contributed by atoms with Gasteiger partial charge in [0.25, 0.3) is 0 Å². The highest BCUT2D eigenvalue weighted by Gasteiger charge is 2.25. The molecule has 1 heterocycles. The number of piperidine rings is 1. The van der Waals surface area contributed by atoms with E-state index in [0.29, 0.717) is 17.9 Å². The first kappa shape index (κ1) is 13.9. The van der Waals surface area contributed by atoms with Crippen molar-refractivity contribution in [1.82, 2.24) is 5.32 Å². The van der Waals surface area contributed by atoms with E-state index in [4.69, 9.17) is 0 Å². The maximum Gasteiger partial charge on any atom is 0.123 e. The Morgan fingerprint density at radius 3 is 2.55 bits per heavy atom. The summed E-state index contributed by atoms with van der Waals surface area (Å²) in [5.74, 6) is 1.31. The average molecular weight is 276 g/mol. The molecular formula is C17H25FN2. The number of nitrogens with zero attached hydrogens (tertiary/aromatic N) is 1. The number of benzene rings is 1. The van der Waals surface area contributed by atoms with E-state index in [-0.39, 0.29) is 5.82 Å². The van der Waals surface area contributed by atoms with Gasteiger partial charge in [0.2, 0.25) is 0 Å². The largest absolute Gasteiger partial charge is 0.371 e. The molecule has 1 aliphatic heterocycles. The Morgan fingerprint density at radius 2 is 1.90 bits per heavy atom. The van der Waals surface area contributed by atoms with E-state index in [1.807, 2.05) is 6.07 Å². The fourth-order valence-electron chi connectivity index (χ4n) is 3.41. The van der Waals surface area contributed by atoms with Crippen LogP contribution in [0, 0.1) is 17.7 Å². The molecular weight excluding hydrogens is 251 g/mol. The predicted molar refractivity (Wildman–Crippen MR) is 81.4 cm³/mol. The minimum absolute atomic E-state index is 0.126. The Hall–Kier alpha value is -1.09. The second kappa shape index (κ2) is 5.72. The molecule has 0 radical (unpaired) electrons. The number of nitrogens with one attached hydrogen (secondary N) is 1. The van der Waals surface area contributed by atoms with Crippen LogP contribution in [0.3, 0.4) is 0 Å². The first-order chi connectivity index (χ1) is 9.61. The summed E-state index contributed by atoms with van der Waals surface area (Å²) in [5.41, 5.74) is 2.33. The summed E-state index contributed by atoms with van der Waals surface area (Å²) in [7, 11) is 0. The summed E-state index contributed by atoms with van der Waals surface area (Å²) < 4.78 is 13.6. The van der Waals surface area contributed by atoms with Crippen LogP contribution in [0.4, 0.5) is 10.1 Å². The summed E-state index contributed by atoms with van der Waals surface area (Å²) in [6.07, 6.45) is 3.83. The second-order valence-electron chi connectivity index (χ2n) is 6.78. The van der Waals surface area contributed by atoms with Crippen molar-refractivity contribution in [2.75, 3.05) is 18.0 Å². The van der Waals surface area contributed by atoms with E-state index in [2.05, 4.69) is 24.1 Å². The van der Waals surface area contributed by atoms with Crippen LogP contribution in [0.15, 0.2) is 18.2 Å². The molecule has 2 nitrogen and oxygen atoms in total. The lowest BCUT2D eigenvalue weighted by atomic mass is 9.91. The van der Waals surface area contributed by atoms with E-state index in [1.54, 1.807) is 12.1 Å². The van der Waals surface area contributed by atoms with Crippen molar-refractivity contribution < 1.29 is 4.39 Å². The zero-order valence-electron chi connectivity index (χ0n) is 12.5. The molecule has 2 unspecified atom stereocenters. The average Bonchev–Trinajstić information content (AvgIpc) is 3.19. The third kappa shape index (κ3) is 3.32. The molecule has 1 aromatic rings. The summed E-state index contributed by atoms with van der Waals surface area (Å²) in [6, 6.07) is 5.92. The Labute approximate surface area is 121 Å². The maximum absolute atomic E-state index is 13.6. The summed E-state index contributed by atoms with van der Waals surface area (Å²) in [4.78, 5) is 2.45. The molecule has 1 saturated heterocycles. The smallest absolute Gasteiger partial charge is 0.123 e. The lowest BCUT2D eigenvalue weighted by molar-refractivity contribution is 0.356. The highest BCUT2D eigenvalue weighted by Crippen LogP contribution is 2.30. The van der Waals surface area contributed by atoms with Crippen molar-refractivity contribution in [3.05, 3.63) is 29.6 Å². The number of halogens is 1. The highest BCUT2D eigenvalue weighted by atomic mass is 19.1. The molecule has 0 spiro atoms. The van der Waals surface area contributed by atoms with E-state index >= 15 is 0 Å². The van der Waals surface area contributed by atoms with Crippen LogP contribution in [-0.2, 0) is 6.54 Å². The first-order valence-electron chi connectivity index (χ1n) is 7.88.